The molecule has 0 bridgehead atoms. The summed E-state index contributed by atoms with van der Waals surface area (Å²) >= 11 is 0. The predicted octanol–water partition coefficient (Wildman–Crippen LogP) is 4.03. The zero-order chi connectivity index (χ0) is 14.4. The molecule has 2 nitrogen and oxygen atoms in total. The highest BCUT2D eigenvalue weighted by molar-refractivity contribution is 5.34. The number of nitrogens with one attached hydrogen (secondary N) is 1. The van der Waals surface area contributed by atoms with Gasteiger partial charge in [0.15, 0.2) is 0 Å². The summed E-state index contributed by atoms with van der Waals surface area (Å²) in [5, 5.41) is 3.69. The van der Waals surface area contributed by atoms with E-state index in [-0.39, 0.29) is 0 Å². The third kappa shape index (κ3) is 3.62. The van der Waals surface area contributed by atoms with Crippen LogP contribution in [0.4, 0.5) is 0 Å². The van der Waals surface area contributed by atoms with Gasteiger partial charge in [-0.2, -0.15) is 0 Å². The highest BCUT2D eigenvalue weighted by atomic mass is 16.5. The van der Waals surface area contributed by atoms with E-state index >= 15 is 0 Å². The molecular weight excluding hydrogens is 246 g/mol. The smallest absolute Gasteiger partial charge is 0.0770 e. The summed E-state index contributed by atoms with van der Waals surface area (Å²) in [4.78, 5) is 0. The standard InChI is InChI=1S/C18H29NO/c1-4-11-19-18(17-8-7-12-20-17)16-10-9-14(5-2)15(6-3)13-16/h9-10,13,17-19H,4-8,11-12H2,1-3H3. The Labute approximate surface area is 123 Å². The molecule has 0 aliphatic carbocycles. The van der Waals surface area contributed by atoms with Crippen molar-refractivity contribution in [2.75, 3.05) is 13.2 Å². The lowest BCUT2D eigenvalue weighted by Crippen LogP contribution is -2.32. The molecule has 1 aliphatic rings. The summed E-state index contributed by atoms with van der Waals surface area (Å²) in [5.74, 6) is 0. The van der Waals surface area contributed by atoms with Crippen LogP contribution < -0.4 is 5.32 Å². The van der Waals surface area contributed by atoms with Crippen LogP contribution >= 0.6 is 0 Å². The first-order chi connectivity index (χ1) is 9.80. The molecule has 1 N–H and O–H groups in total. The van der Waals surface area contributed by atoms with Gasteiger partial charge in [0.1, 0.15) is 0 Å². The van der Waals surface area contributed by atoms with Crippen molar-refractivity contribution in [3.8, 4) is 0 Å². The molecule has 2 unspecified atom stereocenters. The average molecular weight is 275 g/mol. The Morgan fingerprint density at radius 1 is 1.20 bits per heavy atom. The third-order valence-electron chi connectivity index (χ3n) is 4.30. The van der Waals surface area contributed by atoms with Gasteiger partial charge in [-0.1, -0.05) is 39.0 Å². The summed E-state index contributed by atoms with van der Waals surface area (Å²) in [6, 6.07) is 7.36. The minimum absolute atomic E-state index is 0.346. The van der Waals surface area contributed by atoms with Crippen molar-refractivity contribution in [3.05, 3.63) is 34.9 Å². The van der Waals surface area contributed by atoms with Crippen LogP contribution in [0.5, 0.6) is 0 Å². The Bertz CT molecular complexity index is 410. The van der Waals surface area contributed by atoms with E-state index in [2.05, 4.69) is 44.3 Å². The van der Waals surface area contributed by atoms with Crippen molar-refractivity contribution in [2.24, 2.45) is 0 Å². The molecule has 1 aliphatic heterocycles. The van der Waals surface area contributed by atoms with Crippen molar-refractivity contribution in [1.29, 1.82) is 0 Å². The molecule has 2 atom stereocenters. The molecule has 0 radical (unpaired) electrons. The van der Waals surface area contributed by atoms with Gasteiger partial charge < -0.3 is 10.1 Å². The zero-order valence-corrected chi connectivity index (χ0v) is 13.2. The van der Waals surface area contributed by atoms with Crippen LogP contribution in [0, 0.1) is 0 Å². The van der Waals surface area contributed by atoms with Crippen LogP contribution in [-0.4, -0.2) is 19.3 Å². The molecule has 0 aromatic heterocycles. The molecule has 20 heavy (non-hydrogen) atoms. The minimum Gasteiger partial charge on any atom is -0.376 e. The first-order valence-corrected chi connectivity index (χ1v) is 8.26. The highest BCUT2D eigenvalue weighted by Crippen LogP contribution is 2.28. The van der Waals surface area contributed by atoms with Crippen molar-refractivity contribution in [1.82, 2.24) is 5.32 Å². The van der Waals surface area contributed by atoms with Crippen molar-refractivity contribution >= 4 is 0 Å². The van der Waals surface area contributed by atoms with Gasteiger partial charge in [-0.05, 0) is 55.3 Å². The van der Waals surface area contributed by atoms with Crippen molar-refractivity contribution in [2.45, 2.75) is 65.0 Å². The van der Waals surface area contributed by atoms with Crippen molar-refractivity contribution < 1.29 is 4.74 Å². The SMILES string of the molecule is CCCNC(c1ccc(CC)c(CC)c1)C1CCCO1. The normalized spacial score (nSPS) is 20.2. The second-order valence-electron chi connectivity index (χ2n) is 5.72. The fourth-order valence-corrected chi connectivity index (χ4v) is 3.14. The molecule has 2 heteroatoms. The number of rotatable bonds is 7. The molecule has 1 aromatic rings. The van der Waals surface area contributed by atoms with E-state index in [9.17, 15) is 0 Å². The van der Waals surface area contributed by atoms with E-state index in [0.29, 0.717) is 12.1 Å². The lowest BCUT2D eigenvalue weighted by Gasteiger charge is -2.25. The molecule has 2 rings (SSSR count). The molecule has 0 amide bonds. The fourth-order valence-electron chi connectivity index (χ4n) is 3.14. The lowest BCUT2D eigenvalue weighted by atomic mass is 9.93. The fraction of sp³-hybridized carbons (Fsp3) is 0.667. The molecule has 0 spiro atoms. The molecule has 1 fully saturated rings. The Hall–Kier alpha value is -0.860. The Morgan fingerprint density at radius 2 is 2.00 bits per heavy atom. The van der Waals surface area contributed by atoms with Gasteiger partial charge in [0.2, 0.25) is 0 Å². The van der Waals surface area contributed by atoms with Gasteiger partial charge in [-0.25, -0.2) is 0 Å². The Balaban J connectivity index is 2.22. The number of ether oxygens (including phenoxy) is 1. The van der Waals surface area contributed by atoms with E-state index in [1.807, 2.05) is 0 Å². The number of hydrogen-bond acceptors (Lipinski definition) is 2. The second-order valence-corrected chi connectivity index (χ2v) is 5.72. The number of benzene rings is 1. The van der Waals surface area contributed by atoms with Crippen LogP contribution in [0.25, 0.3) is 0 Å². The quantitative estimate of drug-likeness (QED) is 0.811. The Morgan fingerprint density at radius 3 is 2.60 bits per heavy atom. The topological polar surface area (TPSA) is 21.3 Å². The van der Waals surface area contributed by atoms with Crippen LogP contribution in [-0.2, 0) is 17.6 Å². The van der Waals surface area contributed by atoms with E-state index in [1.165, 1.54) is 29.5 Å². The molecule has 112 valence electrons. The average Bonchev–Trinajstić information content (AvgIpc) is 3.01. The highest BCUT2D eigenvalue weighted by Gasteiger charge is 2.27. The molecule has 1 heterocycles. The third-order valence-corrected chi connectivity index (χ3v) is 4.30. The Kier molecular flexibility index (Phi) is 6.06. The van der Waals surface area contributed by atoms with Gasteiger partial charge in [0.25, 0.3) is 0 Å². The predicted molar refractivity (Wildman–Crippen MR) is 85.2 cm³/mol. The van der Waals surface area contributed by atoms with Crippen molar-refractivity contribution in [3.63, 3.8) is 0 Å². The summed E-state index contributed by atoms with van der Waals surface area (Å²) < 4.78 is 5.93. The molecule has 1 aromatic carbocycles. The maximum absolute atomic E-state index is 5.93. The maximum atomic E-state index is 5.93. The first-order valence-electron chi connectivity index (χ1n) is 8.26. The van der Waals surface area contributed by atoms with Gasteiger partial charge in [0, 0.05) is 6.61 Å². The second kappa shape index (κ2) is 7.80. The van der Waals surface area contributed by atoms with E-state index in [4.69, 9.17) is 4.74 Å². The first kappa shape index (κ1) is 15.5. The monoisotopic (exact) mass is 275 g/mol. The maximum Gasteiger partial charge on any atom is 0.0770 e. The lowest BCUT2D eigenvalue weighted by molar-refractivity contribution is 0.0783. The molecule has 1 saturated heterocycles. The summed E-state index contributed by atoms with van der Waals surface area (Å²) in [6.07, 6.45) is 6.12. The zero-order valence-electron chi connectivity index (χ0n) is 13.2. The number of aryl methyl sites for hydroxylation is 2. The number of hydrogen-bond donors (Lipinski definition) is 1. The largest absolute Gasteiger partial charge is 0.376 e. The van der Waals surface area contributed by atoms with Crippen LogP contribution in [0.3, 0.4) is 0 Å². The summed E-state index contributed by atoms with van der Waals surface area (Å²) in [7, 11) is 0. The summed E-state index contributed by atoms with van der Waals surface area (Å²) in [6.45, 7) is 8.68. The molecular formula is C18H29NO. The van der Waals surface area contributed by atoms with E-state index in [1.54, 1.807) is 0 Å². The van der Waals surface area contributed by atoms with E-state index < -0.39 is 0 Å². The molecule has 0 saturated carbocycles. The summed E-state index contributed by atoms with van der Waals surface area (Å²) in [5.41, 5.74) is 4.38. The van der Waals surface area contributed by atoms with Gasteiger partial charge >= 0.3 is 0 Å². The van der Waals surface area contributed by atoms with Crippen LogP contribution in [0.15, 0.2) is 18.2 Å². The minimum atomic E-state index is 0.346. The van der Waals surface area contributed by atoms with Crippen LogP contribution in [0.2, 0.25) is 0 Å². The van der Waals surface area contributed by atoms with Gasteiger partial charge in [-0.3, -0.25) is 0 Å². The van der Waals surface area contributed by atoms with Gasteiger partial charge in [0.05, 0.1) is 12.1 Å². The van der Waals surface area contributed by atoms with E-state index in [0.717, 1.165) is 32.4 Å². The van der Waals surface area contributed by atoms with Crippen LogP contribution in [0.1, 0.15) is 62.8 Å². The van der Waals surface area contributed by atoms with Gasteiger partial charge in [-0.15, -0.1) is 0 Å².